The highest BCUT2D eigenvalue weighted by Gasteiger charge is 2.28. The molecule has 0 aliphatic carbocycles. The Hall–Kier alpha value is -2.08. The Morgan fingerprint density at radius 2 is 2.27 bits per heavy atom. The maximum Gasteiger partial charge on any atom is 0.257 e. The van der Waals surface area contributed by atoms with E-state index in [0.29, 0.717) is 31.0 Å². The predicted octanol–water partition coefficient (Wildman–Crippen LogP) is 2.01. The van der Waals surface area contributed by atoms with Crippen LogP contribution in [-0.4, -0.2) is 40.8 Å². The van der Waals surface area contributed by atoms with Crippen molar-refractivity contribution in [3.63, 3.8) is 0 Å². The van der Waals surface area contributed by atoms with E-state index >= 15 is 0 Å². The average molecular weight is 303 g/mol. The number of fused-ring (bicyclic) bond motifs is 1. The van der Waals surface area contributed by atoms with Gasteiger partial charge in [-0.25, -0.2) is 0 Å². The first-order valence-corrected chi connectivity index (χ1v) is 7.44. The number of ether oxygens (including phenoxy) is 1. The van der Waals surface area contributed by atoms with Crippen molar-refractivity contribution in [1.82, 2.24) is 14.7 Å². The van der Waals surface area contributed by atoms with Crippen molar-refractivity contribution < 1.29 is 13.9 Å². The molecule has 0 unspecified atom stereocenters. The molecule has 0 N–H and O–H groups in total. The second-order valence-electron chi connectivity index (χ2n) is 5.84. The molecule has 22 heavy (non-hydrogen) atoms. The van der Waals surface area contributed by atoms with E-state index in [4.69, 9.17) is 9.15 Å². The van der Waals surface area contributed by atoms with Gasteiger partial charge in [0.2, 0.25) is 0 Å². The van der Waals surface area contributed by atoms with Crippen LogP contribution in [0.5, 0.6) is 0 Å². The van der Waals surface area contributed by atoms with E-state index in [1.165, 1.54) is 0 Å². The highest BCUT2D eigenvalue weighted by Crippen LogP contribution is 2.21. The van der Waals surface area contributed by atoms with Gasteiger partial charge in [0.25, 0.3) is 5.91 Å². The topological polar surface area (TPSA) is 60.5 Å². The molecule has 0 spiro atoms. The van der Waals surface area contributed by atoms with Crippen molar-refractivity contribution in [2.24, 2.45) is 5.92 Å². The summed E-state index contributed by atoms with van der Waals surface area (Å²) >= 11 is 0. The fourth-order valence-corrected chi connectivity index (χ4v) is 3.04. The molecule has 118 valence electrons. The molecule has 0 saturated carbocycles. The Labute approximate surface area is 129 Å². The number of aromatic nitrogens is 2. The number of hydrogen-bond acceptors (Lipinski definition) is 4. The summed E-state index contributed by atoms with van der Waals surface area (Å²) in [5, 5.41) is 4.34. The second kappa shape index (κ2) is 5.96. The van der Waals surface area contributed by atoms with Crippen molar-refractivity contribution in [3.8, 4) is 0 Å². The van der Waals surface area contributed by atoms with Gasteiger partial charge in [-0.05, 0) is 26.0 Å². The van der Waals surface area contributed by atoms with Crippen LogP contribution in [0.1, 0.15) is 27.6 Å². The summed E-state index contributed by atoms with van der Waals surface area (Å²) in [7, 11) is 1.69. The molecule has 1 atom stereocenters. The predicted molar refractivity (Wildman–Crippen MR) is 80.5 cm³/mol. The van der Waals surface area contributed by atoms with Crippen LogP contribution in [0.2, 0.25) is 0 Å². The van der Waals surface area contributed by atoms with Crippen molar-refractivity contribution in [2.45, 2.75) is 26.9 Å². The van der Waals surface area contributed by atoms with Gasteiger partial charge in [0.15, 0.2) is 0 Å². The minimum atomic E-state index is 0.00473. The molecule has 1 amide bonds. The summed E-state index contributed by atoms with van der Waals surface area (Å²) in [5.74, 6) is 1.66. The first kappa shape index (κ1) is 14.8. The summed E-state index contributed by atoms with van der Waals surface area (Å²) in [4.78, 5) is 14.7. The average Bonchev–Trinajstić information content (AvgIpc) is 2.99. The molecule has 0 bridgehead atoms. The minimum Gasteiger partial charge on any atom is -0.466 e. The minimum absolute atomic E-state index is 0.00473. The fourth-order valence-electron chi connectivity index (χ4n) is 3.04. The molecular formula is C16H21N3O3. The Balaban J connectivity index is 1.88. The Kier molecular flexibility index (Phi) is 4.02. The number of rotatable bonds is 3. The molecule has 1 aliphatic rings. The van der Waals surface area contributed by atoms with Crippen molar-refractivity contribution in [2.75, 3.05) is 20.3 Å². The Morgan fingerprint density at radius 3 is 2.95 bits per heavy atom. The van der Waals surface area contributed by atoms with Gasteiger partial charge in [-0.15, -0.1) is 0 Å². The third-order valence-electron chi connectivity index (χ3n) is 4.03. The quantitative estimate of drug-likeness (QED) is 0.870. The van der Waals surface area contributed by atoms with Crippen LogP contribution in [0, 0.1) is 19.8 Å². The molecule has 0 saturated heterocycles. The van der Waals surface area contributed by atoms with Gasteiger partial charge in [-0.2, -0.15) is 5.10 Å². The molecule has 3 rings (SSSR count). The normalized spacial score (nSPS) is 18.1. The largest absolute Gasteiger partial charge is 0.466 e. The summed E-state index contributed by atoms with van der Waals surface area (Å²) in [6.07, 6.45) is 1.78. The Morgan fingerprint density at radius 1 is 1.45 bits per heavy atom. The lowest BCUT2D eigenvalue weighted by atomic mass is 10.1. The van der Waals surface area contributed by atoms with Crippen LogP contribution in [-0.2, 0) is 17.8 Å². The van der Waals surface area contributed by atoms with Crippen LogP contribution in [0.3, 0.4) is 0 Å². The summed E-state index contributed by atoms with van der Waals surface area (Å²) in [5.41, 5.74) is 1.69. The molecule has 3 heterocycles. The maximum absolute atomic E-state index is 12.9. The van der Waals surface area contributed by atoms with Gasteiger partial charge in [-0.1, -0.05) is 0 Å². The molecule has 1 aliphatic heterocycles. The molecule has 0 aromatic carbocycles. The van der Waals surface area contributed by atoms with E-state index in [2.05, 4.69) is 5.10 Å². The lowest BCUT2D eigenvalue weighted by Gasteiger charge is -2.23. The Bertz CT molecular complexity index is 674. The van der Waals surface area contributed by atoms with Gasteiger partial charge in [0.1, 0.15) is 11.5 Å². The van der Waals surface area contributed by atoms with Gasteiger partial charge in [0.05, 0.1) is 24.4 Å². The smallest absolute Gasteiger partial charge is 0.257 e. The number of amides is 1. The van der Waals surface area contributed by atoms with Gasteiger partial charge in [-0.3, -0.25) is 9.48 Å². The third kappa shape index (κ3) is 2.78. The first-order valence-electron chi connectivity index (χ1n) is 7.44. The highest BCUT2D eigenvalue weighted by atomic mass is 16.5. The third-order valence-corrected chi connectivity index (χ3v) is 4.03. The number of hydrogen-bond donors (Lipinski definition) is 0. The lowest BCUT2D eigenvalue weighted by molar-refractivity contribution is 0.0664. The van der Waals surface area contributed by atoms with Gasteiger partial charge >= 0.3 is 0 Å². The monoisotopic (exact) mass is 303 g/mol. The summed E-state index contributed by atoms with van der Waals surface area (Å²) in [6, 6.07) is 3.77. The summed E-state index contributed by atoms with van der Waals surface area (Å²) in [6.45, 7) is 6.27. The molecule has 0 radical (unpaired) electrons. The zero-order chi connectivity index (χ0) is 15.7. The van der Waals surface area contributed by atoms with Crippen LogP contribution in [0.15, 0.2) is 22.7 Å². The number of nitrogens with zero attached hydrogens (tertiary/aromatic N) is 3. The summed E-state index contributed by atoms with van der Waals surface area (Å²) < 4.78 is 12.8. The van der Waals surface area contributed by atoms with Crippen LogP contribution in [0.4, 0.5) is 0 Å². The zero-order valence-electron chi connectivity index (χ0n) is 13.2. The SMILES string of the molecule is COC[C@H]1CN(C(=O)c2cc(C)oc2C)Cc2ccnn2C1. The number of carbonyl (C=O) groups excluding carboxylic acids is 1. The van der Waals surface area contributed by atoms with Crippen LogP contribution >= 0.6 is 0 Å². The van der Waals surface area contributed by atoms with E-state index < -0.39 is 0 Å². The molecule has 6 heteroatoms. The molecule has 6 nitrogen and oxygen atoms in total. The zero-order valence-corrected chi connectivity index (χ0v) is 13.2. The van der Waals surface area contributed by atoms with Gasteiger partial charge < -0.3 is 14.1 Å². The number of furan rings is 1. The fraction of sp³-hybridized carbons (Fsp3) is 0.500. The molecule has 2 aromatic heterocycles. The van der Waals surface area contributed by atoms with E-state index in [1.54, 1.807) is 13.3 Å². The maximum atomic E-state index is 12.9. The number of aryl methyl sites for hydroxylation is 2. The standard InChI is InChI=1S/C16H21N3O3/c1-11-6-15(12(2)22-11)16(20)18-7-13(10-21-3)8-19-14(9-18)4-5-17-19/h4-6,13H,7-10H2,1-3H3/t13-/m0/s1. The van der Waals surface area contributed by atoms with Crippen molar-refractivity contribution in [1.29, 1.82) is 0 Å². The van der Waals surface area contributed by atoms with Gasteiger partial charge in [0, 0.05) is 32.3 Å². The molecule has 0 fully saturated rings. The second-order valence-corrected chi connectivity index (χ2v) is 5.84. The van der Waals surface area contributed by atoms with Crippen LogP contribution in [0.25, 0.3) is 0 Å². The highest BCUT2D eigenvalue weighted by molar-refractivity contribution is 5.95. The van der Waals surface area contributed by atoms with Crippen LogP contribution < -0.4 is 0 Å². The van der Waals surface area contributed by atoms with E-state index in [1.807, 2.05) is 35.6 Å². The molecule has 2 aromatic rings. The molecular weight excluding hydrogens is 282 g/mol. The first-order chi connectivity index (χ1) is 10.6. The van der Waals surface area contributed by atoms with Crippen molar-refractivity contribution in [3.05, 3.63) is 41.1 Å². The van der Waals surface area contributed by atoms with E-state index in [0.717, 1.165) is 18.0 Å². The van der Waals surface area contributed by atoms with E-state index in [-0.39, 0.29) is 11.8 Å². The number of methoxy groups -OCH3 is 1. The van der Waals surface area contributed by atoms with E-state index in [9.17, 15) is 4.79 Å². The lowest BCUT2D eigenvalue weighted by Crippen LogP contribution is -2.35. The van der Waals surface area contributed by atoms with Crippen molar-refractivity contribution >= 4 is 5.91 Å². The number of carbonyl (C=O) groups is 1.